The van der Waals surface area contributed by atoms with Gasteiger partial charge in [0.05, 0.1) is 12.7 Å². The van der Waals surface area contributed by atoms with Crippen LogP contribution in [0.3, 0.4) is 0 Å². The van der Waals surface area contributed by atoms with Crippen molar-refractivity contribution in [1.29, 1.82) is 0 Å². The van der Waals surface area contributed by atoms with E-state index in [0.717, 1.165) is 19.7 Å². The number of benzene rings is 1. The maximum atomic E-state index is 5.56. The Balaban J connectivity index is 2.21. The third kappa shape index (κ3) is 6.03. The van der Waals surface area contributed by atoms with E-state index in [1.165, 1.54) is 5.69 Å². The van der Waals surface area contributed by atoms with Crippen molar-refractivity contribution in [2.24, 2.45) is 0 Å². The van der Waals surface area contributed by atoms with Crippen LogP contribution in [0.15, 0.2) is 30.3 Å². The lowest BCUT2D eigenvalue weighted by Gasteiger charge is -2.25. The van der Waals surface area contributed by atoms with E-state index in [1.54, 1.807) is 0 Å². The van der Waals surface area contributed by atoms with E-state index >= 15 is 0 Å². The Morgan fingerprint density at radius 3 is 2.44 bits per heavy atom. The Morgan fingerprint density at radius 1 is 1.17 bits per heavy atom. The first-order valence-corrected chi connectivity index (χ1v) is 6.70. The van der Waals surface area contributed by atoms with Crippen LogP contribution in [0.4, 0.5) is 5.69 Å². The van der Waals surface area contributed by atoms with Crippen molar-refractivity contribution in [2.45, 2.75) is 32.9 Å². The number of nitrogens with zero attached hydrogens (tertiary/aromatic N) is 1. The van der Waals surface area contributed by atoms with E-state index in [4.69, 9.17) is 4.74 Å². The molecule has 0 saturated carbocycles. The molecule has 0 radical (unpaired) electrons. The largest absolute Gasteiger partial charge is 0.383 e. The van der Waals surface area contributed by atoms with Crippen LogP contribution in [0.5, 0.6) is 0 Å². The monoisotopic (exact) mass is 250 g/mol. The van der Waals surface area contributed by atoms with Gasteiger partial charge in [0, 0.05) is 24.8 Å². The molecule has 0 bridgehead atoms. The van der Waals surface area contributed by atoms with Gasteiger partial charge in [-0.15, -0.1) is 0 Å². The standard InChI is InChI=1S/C15H26N2O/c1-13(2)18-11-10-17(4)14(3)12-16-15-8-6-5-7-9-15/h5-9,13-14,16H,10-12H2,1-4H3. The van der Waals surface area contributed by atoms with Gasteiger partial charge in [-0.1, -0.05) is 18.2 Å². The summed E-state index contributed by atoms with van der Waals surface area (Å²) in [6, 6.07) is 10.8. The third-order valence-corrected chi connectivity index (χ3v) is 3.02. The van der Waals surface area contributed by atoms with Gasteiger partial charge in [0.2, 0.25) is 0 Å². The zero-order chi connectivity index (χ0) is 13.4. The van der Waals surface area contributed by atoms with Crippen molar-refractivity contribution in [3.8, 4) is 0 Å². The van der Waals surface area contributed by atoms with Crippen LogP contribution in [0.2, 0.25) is 0 Å². The lowest BCUT2D eigenvalue weighted by molar-refractivity contribution is 0.0583. The Kier molecular flexibility index (Phi) is 6.76. The molecular formula is C15H26N2O. The number of hydrogen-bond donors (Lipinski definition) is 1. The van der Waals surface area contributed by atoms with Crippen molar-refractivity contribution < 1.29 is 4.74 Å². The summed E-state index contributed by atoms with van der Waals surface area (Å²) in [5.41, 5.74) is 1.18. The summed E-state index contributed by atoms with van der Waals surface area (Å²) >= 11 is 0. The number of rotatable bonds is 8. The van der Waals surface area contributed by atoms with Crippen LogP contribution in [0, 0.1) is 0 Å². The Hall–Kier alpha value is -1.06. The number of likely N-dealkylation sites (N-methyl/N-ethyl adjacent to an activating group) is 1. The van der Waals surface area contributed by atoms with Gasteiger partial charge >= 0.3 is 0 Å². The Morgan fingerprint density at radius 2 is 1.83 bits per heavy atom. The predicted octanol–water partition coefficient (Wildman–Crippen LogP) is 2.84. The molecule has 1 rings (SSSR count). The van der Waals surface area contributed by atoms with E-state index in [9.17, 15) is 0 Å². The summed E-state index contributed by atoms with van der Waals surface area (Å²) in [6.07, 6.45) is 0.316. The summed E-state index contributed by atoms with van der Waals surface area (Å²) in [4.78, 5) is 2.32. The van der Waals surface area contributed by atoms with Crippen LogP contribution in [-0.4, -0.2) is 43.8 Å². The minimum atomic E-state index is 0.316. The molecule has 102 valence electrons. The average Bonchev–Trinajstić information content (AvgIpc) is 2.36. The molecule has 1 unspecified atom stereocenters. The summed E-state index contributed by atoms with van der Waals surface area (Å²) in [7, 11) is 2.14. The fourth-order valence-corrected chi connectivity index (χ4v) is 1.63. The highest BCUT2D eigenvalue weighted by molar-refractivity contribution is 5.42. The van der Waals surface area contributed by atoms with Crippen molar-refractivity contribution >= 4 is 5.69 Å². The molecule has 1 N–H and O–H groups in total. The Bertz CT molecular complexity index is 314. The molecule has 1 aromatic rings. The number of nitrogens with one attached hydrogen (secondary N) is 1. The zero-order valence-corrected chi connectivity index (χ0v) is 12.0. The molecule has 1 atom stereocenters. The zero-order valence-electron chi connectivity index (χ0n) is 12.0. The minimum Gasteiger partial charge on any atom is -0.383 e. The predicted molar refractivity (Wildman–Crippen MR) is 78.1 cm³/mol. The van der Waals surface area contributed by atoms with Gasteiger partial charge in [-0.3, -0.25) is 4.90 Å². The van der Waals surface area contributed by atoms with E-state index in [1.807, 2.05) is 18.2 Å². The van der Waals surface area contributed by atoms with Crippen molar-refractivity contribution in [2.75, 3.05) is 32.1 Å². The van der Waals surface area contributed by atoms with Gasteiger partial charge in [-0.25, -0.2) is 0 Å². The van der Waals surface area contributed by atoms with E-state index in [2.05, 4.69) is 50.2 Å². The maximum Gasteiger partial charge on any atom is 0.0596 e. The smallest absolute Gasteiger partial charge is 0.0596 e. The van der Waals surface area contributed by atoms with Gasteiger partial charge in [0.15, 0.2) is 0 Å². The average molecular weight is 250 g/mol. The number of ether oxygens (including phenoxy) is 1. The normalized spacial score (nSPS) is 13.0. The van der Waals surface area contributed by atoms with Gasteiger partial charge < -0.3 is 10.1 Å². The molecule has 0 heterocycles. The molecule has 0 amide bonds. The molecule has 18 heavy (non-hydrogen) atoms. The minimum absolute atomic E-state index is 0.316. The lowest BCUT2D eigenvalue weighted by atomic mass is 10.2. The molecule has 0 spiro atoms. The molecule has 0 fully saturated rings. The highest BCUT2D eigenvalue weighted by Crippen LogP contribution is 2.06. The van der Waals surface area contributed by atoms with Crippen LogP contribution in [-0.2, 0) is 4.74 Å². The van der Waals surface area contributed by atoms with E-state index in [-0.39, 0.29) is 0 Å². The first-order chi connectivity index (χ1) is 8.59. The second-order valence-corrected chi connectivity index (χ2v) is 5.00. The van der Waals surface area contributed by atoms with Gasteiger partial charge in [0.25, 0.3) is 0 Å². The molecule has 1 aromatic carbocycles. The lowest BCUT2D eigenvalue weighted by Crippen LogP contribution is -2.37. The second-order valence-electron chi connectivity index (χ2n) is 5.00. The summed E-state index contributed by atoms with van der Waals surface area (Å²) in [5, 5.41) is 3.44. The van der Waals surface area contributed by atoms with Crippen LogP contribution in [0.25, 0.3) is 0 Å². The maximum absolute atomic E-state index is 5.56. The van der Waals surface area contributed by atoms with Crippen molar-refractivity contribution in [3.05, 3.63) is 30.3 Å². The molecule has 0 aromatic heterocycles. The fourth-order valence-electron chi connectivity index (χ4n) is 1.63. The summed E-state index contributed by atoms with van der Waals surface area (Å²) < 4.78 is 5.56. The number of anilines is 1. The molecular weight excluding hydrogens is 224 g/mol. The van der Waals surface area contributed by atoms with E-state index < -0.39 is 0 Å². The SMILES string of the molecule is CC(C)OCCN(C)C(C)CNc1ccccc1. The van der Waals surface area contributed by atoms with Gasteiger partial charge in [-0.05, 0) is 40.0 Å². The van der Waals surface area contributed by atoms with E-state index in [0.29, 0.717) is 12.1 Å². The van der Waals surface area contributed by atoms with Crippen LogP contribution < -0.4 is 5.32 Å². The first-order valence-electron chi connectivity index (χ1n) is 6.70. The van der Waals surface area contributed by atoms with Crippen molar-refractivity contribution in [3.63, 3.8) is 0 Å². The topological polar surface area (TPSA) is 24.5 Å². The van der Waals surface area contributed by atoms with Gasteiger partial charge in [0.1, 0.15) is 0 Å². The Labute approximate surface area is 111 Å². The highest BCUT2D eigenvalue weighted by atomic mass is 16.5. The highest BCUT2D eigenvalue weighted by Gasteiger charge is 2.08. The number of hydrogen-bond acceptors (Lipinski definition) is 3. The molecule has 0 aliphatic carbocycles. The molecule has 0 aliphatic heterocycles. The van der Waals surface area contributed by atoms with Crippen LogP contribution >= 0.6 is 0 Å². The molecule has 3 heteroatoms. The molecule has 0 saturated heterocycles. The first kappa shape index (κ1) is 15.0. The summed E-state index contributed by atoms with van der Waals surface area (Å²) in [5.74, 6) is 0. The fraction of sp³-hybridized carbons (Fsp3) is 0.600. The van der Waals surface area contributed by atoms with Gasteiger partial charge in [-0.2, -0.15) is 0 Å². The second kappa shape index (κ2) is 8.11. The third-order valence-electron chi connectivity index (χ3n) is 3.02. The summed E-state index contributed by atoms with van der Waals surface area (Å²) in [6.45, 7) is 9.08. The number of para-hydroxylation sites is 1. The van der Waals surface area contributed by atoms with Crippen molar-refractivity contribution in [1.82, 2.24) is 4.90 Å². The molecule has 0 aliphatic rings. The quantitative estimate of drug-likeness (QED) is 0.768. The van der Waals surface area contributed by atoms with Crippen LogP contribution in [0.1, 0.15) is 20.8 Å². The molecule has 3 nitrogen and oxygen atoms in total.